The standard InChI is InChI=1S/C16H18N4OS2/c1-12(7-8-17)23-14-6-4-3-5-13(14)19-15(21)11-22-16-18-9-10-20(16)2/h3-6,9-10,12H,7,11H2,1-2H3,(H,19,21)/t12-/m0/s1. The number of benzene rings is 1. The van der Waals surface area contributed by atoms with E-state index >= 15 is 0 Å². The van der Waals surface area contributed by atoms with Gasteiger partial charge in [-0.1, -0.05) is 30.8 Å². The molecule has 2 rings (SSSR count). The number of nitriles is 1. The van der Waals surface area contributed by atoms with Crippen molar-refractivity contribution in [2.24, 2.45) is 7.05 Å². The minimum Gasteiger partial charge on any atom is -0.329 e. The van der Waals surface area contributed by atoms with E-state index in [0.29, 0.717) is 12.2 Å². The molecule has 0 bridgehead atoms. The maximum atomic E-state index is 12.2. The van der Waals surface area contributed by atoms with Crippen LogP contribution in [0.15, 0.2) is 46.7 Å². The highest BCUT2D eigenvalue weighted by Crippen LogP contribution is 2.31. The van der Waals surface area contributed by atoms with Crippen molar-refractivity contribution in [3.8, 4) is 6.07 Å². The lowest BCUT2D eigenvalue weighted by Gasteiger charge is -2.13. The molecular weight excluding hydrogens is 328 g/mol. The molecule has 120 valence electrons. The molecule has 2 aromatic rings. The molecule has 1 aromatic carbocycles. The van der Waals surface area contributed by atoms with Gasteiger partial charge in [0.25, 0.3) is 0 Å². The fourth-order valence-electron chi connectivity index (χ4n) is 1.87. The van der Waals surface area contributed by atoms with Crippen LogP contribution in [0.4, 0.5) is 5.69 Å². The predicted octanol–water partition coefficient (Wildman–Crippen LogP) is 3.55. The highest BCUT2D eigenvalue weighted by Gasteiger charge is 2.11. The molecule has 7 heteroatoms. The van der Waals surface area contributed by atoms with Gasteiger partial charge in [0.05, 0.1) is 17.5 Å². The zero-order valence-corrected chi connectivity index (χ0v) is 14.7. The van der Waals surface area contributed by atoms with E-state index in [0.717, 1.165) is 15.7 Å². The number of amides is 1. The van der Waals surface area contributed by atoms with Gasteiger partial charge in [0.15, 0.2) is 5.16 Å². The number of nitrogens with zero attached hydrogens (tertiary/aromatic N) is 3. The topological polar surface area (TPSA) is 70.7 Å². The monoisotopic (exact) mass is 346 g/mol. The van der Waals surface area contributed by atoms with E-state index in [1.807, 2.05) is 49.0 Å². The summed E-state index contributed by atoms with van der Waals surface area (Å²) in [5, 5.41) is 12.7. The Morgan fingerprint density at radius 2 is 2.26 bits per heavy atom. The number of aryl methyl sites for hydroxylation is 1. The van der Waals surface area contributed by atoms with Gasteiger partial charge in [-0.15, -0.1) is 11.8 Å². The van der Waals surface area contributed by atoms with Crippen LogP contribution in [0.5, 0.6) is 0 Å². The third kappa shape index (κ3) is 5.34. The van der Waals surface area contributed by atoms with Gasteiger partial charge in [0, 0.05) is 36.0 Å². The van der Waals surface area contributed by atoms with Crippen molar-refractivity contribution in [2.45, 2.75) is 28.6 Å². The minimum absolute atomic E-state index is 0.0704. The zero-order chi connectivity index (χ0) is 16.7. The Morgan fingerprint density at radius 1 is 1.48 bits per heavy atom. The summed E-state index contributed by atoms with van der Waals surface area (Å²) in [7, 11) is 1.90. The molecule has 0 aliphatic rings. The molecule has 0 spiro atoms. The van der Waals surface area contributed by atoms with E-state index in [1.165, 1.54) is 11.8 Å². The number of carbonyl (C=O) groups is 1. The molecule has 0 saturated heterocycles. The number of hydrogen-bond acceptors (Lipinski definition) is 5. The lowest BCUT2D eigenvalue weighted by atomic mass is 10.3. The first-order valence-electron chi connectivity index (χ1n) is 7.12. The van der Waals surface area contributed by atoms with Crippen LogP contribution in [-0.4, -0.2) is 26.5 Å². The van der Waals surface area contributed by atoms with E-state index in [2.05, 4.69) is 16.4 Å². The Labute approximate surface area is 144 Å². The lowest BCUT2D eigenvalue weighted by molar-refractivity contribution is -0.113. The van der Waals surface area contributed by atoms with Crippen LogP contribution < -0.4 is 5.32 Å². The highest BCUT2D eigenvalue weighted by atomic mass is 32.2. The molecule has 0 aliphatic heterocycles. The summed E-state index contributed by atoms with van der Waals surface area (Å²) < 4.78 is 1.88. The van der Waals surface area contributed by atoms with Crippen LogP contribution in [0.1, 0.15) is 13.3 Å². The van der Waals surface area contributed by atoms with Crippen LogP contribution in [0.25, 0.3) is 0 Å². The maximum absolute atomic E-state index is 12.2. The zero-order valence-electron chi connectivity index (χ0n) is 13.0. The number of hydrogen-bond donors (Lipinski definition) is 1. The molecule has 1 heterocycles. The summed E-state index contributed by atoms with van der Waals surface area (Å²) in [6.07, 6.45) is 4.04. The van der Waals surface area contributed by atoms with Crippen LogP contribution in [0.2, 0.25) is 0 Å². The predicted molar refractivity (Wildman–Crippen MR) is 94.6 cm³/mol. The lowest BCUT2D eigenvalue weighted by Crippen LogP contribution is -2.15. The minimum atomic E-state index is -0.0704. The summed E-state index contributed by atoms with van der Waals surface area (Å²) in [5.41, 5.74) is 0.785. The number of anilines is 1. The molecule has 23 heavy (non-hydrogen) atoms. The van der Waals surface area contributed by atoms with E-state index in [-0.39, 0.29) is 11.2 Å². The fraction of sp³-hybridized carbons (Fsp3) is 0.312. The molecule has 5 nitrogen and oxygen atoms in total. The van der Waals surface area contributed by atoms with Gasteiger partial charge in [0.2, 0.25) is 5.91 Å². The van der Waals surface area contributed by atoms with Crippen LogP contribution in [0.3, 0.4) is 0 Å². The second-order valence-electron chi connectivity index (χ2n) is 4.94. The van der Waals surface area contributed by atoms with Gasteiger partial charge in [0.1, 0.15) is 0 Å². The third-order valence-corrected chi connectivity index (χ3v) is 5.21. The van der Waals surface area contributed by atoms with Crippen molar-refractivity contribution >= 4 is 35.1 Å². The number of nitrogens with one attached hydrogen (secondary N) is 1. The number of aromatic nitrogens is 2. The molecule has 1 atom stereocenters. The van der Waals surface area contributed by atoms with Crippen molar-refractivity contribution in [2.75, 3.05) is 11.1 Å². The maximum Gasteiger partial charge on any atom is 0.234 e. The first kappa shape index (κ1) is 17.4. The number of carbonyl (C=O) groups excluding carboxylic acids is 1. The van der Waals surface area contributed by atoms with Crippen LogP contribution in [-0.2, 0) is 11.8 Å². The largest absolute Gasteiger partial charge is 0.329 e. The van der Waals surface area contributed by atoms with Gasteiger partial charge in [-0.25, -0.2) is 4.98 Å². The van der Waals surface area contributed by atoms with E-state index in [1.54, 1.807) is 18.0 Å². The van der Waals surface area contributed by atoms with Crippen LogP contribution in [0, 0.1) is 11.3 Å². The Morgan fingerprint density at radius 3 is 2.96 bits per heavy atom. The van der Waals surface area contributed by atoms with Crippen molar-refractivity contribution in [1.29, 1.82) is 5.26 Å². The Hall–Kier alpha value is -1.91. The molecule has 0 saturated carbocycles. The van der Waals surface area contributed by atoms with Gasteiger partial charge >= 0.3 is 0 Å². The van der Waals surface area contributed by atoms with Crippen molar-refractivity contribution in [3.05, 3.63) is 36.7 Å². The molecular formula is C16H18N4OS2. The van der Waals surface area contributed by atoms with Crippen molar-refractivity contribution < 1.29 is 4.79 Å². The summed E-state index contributed by atoms with van der Waals surface area (Å²) in [6.45, 7) is 2.00. The molecule has 0 unspecified atom stereocenters. The average Bonchev–Trinajstić information content (AvgIpc) is 2.93. The normalized spacial score (nSPS) is 11.7. The second-order valence-corrected chi connectivity index (χ2v) is 7.37. The van der Waals surface area contributed by atoms with Crippen molar-refractivity contribution in [1.82, 2.24) is 9.55 Å². The Bertz CT molecular complexity index is 708. The quantitative estimate of drug-likeness (QED) is 0.776. The summed E-state index contributed by atoms with van der Waals surface area (Å²) in [5.74, 6) is 0.233. The van der Waals surface area contributed by atoms with Gasteiger partial charge in [-0.3, -0.25) is 4.79 Å². The smallest absolute Gasteiger partial charge is 0.234 e. The fourth-order valence-corrected chi connectivity index (χ4v) is 3.59. The third-order valence-electron chi connectivity index (χ3n) is 2.98. The summed E-state index contributed by atoms with van der Waals surface area (Å²) in [4.78, 5) is 17.3. The Kier molecular flexibility index (Phi) is 6.56. The molecule has 0 fully saturated rings. The van der Waals surface area contributed by atoms with E-state index in [9.17, 15) is 4.79 Å². The summed E-state index contributed by atoms with van der Waals surface area (Å²) >= 11 is 2.99. The molecule has 1 N–H and O–H groups in total. The van der Waals surface area contributed by atoms with Gasteiger partial charge < -0.3 is 9.88 Å². The highest BCUT2D eigenvalue weighted by molar-refractivity contribution is 8.00. The number of rotatable bonds is 7. The first-order chi connectivity index (χ1) is 11.1. The van der Waals surface area contributed by atoms with Gasteiger partial charge in [-0.05, 0) is 12.1 Å². The number of imidazole rings is 1. The van der Waals surface area contributed by atoms with Gasteiger partial charge in [-0.2, -0.15) is 5.26 Å². The average molecular weight is 346 g/mol. The SMILES string of the molecule is C[C@@H](CC#N)Sc1ccccc1NC(=O)CSc1nccn1C. The van der Waals surface area contributed by atoms with E-state index in [4.69, 9.17) is 5.26 Å². The van der Waals surface area contributed by atoms with Crippen LogP contribution >= 0.6 is 23.5 Å². The Balaban J connectivity index is 1.95. The molecule has 1 aromatic heterocycles. The second kappa shape index (κ2) is 8.65. The number of para-hydroxylation sites is 1. The van der Waals surface area contributed by atoms with Crippen molar-refractivity contribution in [3.63, 3.8) is 0 Å². The molecule has 0 radical (unpaired) electrons. The summed E-state index contributed by atoms with van der Waals surface area (Å²) in [6, 6.07) is 9.83. The molecule has 1 amide bonds. The molecule has 0 aliphatic carbocycles. The van der Waals surface area contributed by atoms with E-state index < -0.39 is 0 Å². The number of thioether (sulfide) groups is 2. The first-order valence-corrected chi connectivity index (χ1v) is 8.99.